The fraction of sp³-hybridized carbons (Fsp3) is 1.00. The molecule has 0 aliphatic rings. The lowest BCUT2D eigenvalue weighted by atomic mass is 10.4. The van der Waals surface area contributed by atoms with E-state index in [2.05, 4.69) is 18.5 Å². The molecule has 0 amide bonds. The predicted octanol–water partition coefficient (Wildman–Crippen LogP) is 1.67. The van der Waals surface area contributed by atoms with Crippen LogP contribution in [0.4, 0.5) is 0 Å². The number of hydrogen-bond donors (Lipinski definition) is 1. The Morgan fingerprint density at radius 3 is 1.24 bits per heavy atom. The number of hydrogen-bond acceptors (Lipinski definition) is 7. The van der Waals surface area contributed by atoms with Gasteiger partial charge in [-0.05, 0) is 12.8 Å². The lowest BCUT2D eigenvalue weighted by Crippen LogP contribution is -2.72. The molecule has 0 aromatic carbocycles. The fourth-order valence-electron chi connectivity index (χ4n) is 1.57. The molecule has 0 saturated heterocycles. The molecule has 0 heterocycles. The molecule has 0 rings (SSSR count). The molecule has 9 heteroatoms. The van der Waals surface area contributed by atoms with Crippen molar-refractivity contribution >= 4 is 17.9 Å². The van der Waals surface area contributed by atoms with Gasteiger partial charge < -0.3 is 26.6 Å². The van der Waals surface area contributed by atoms with Gasteiger partial charge in [-0.25, -0.2) is 4.65 Å². The Morgan fingerprint density at radius 1 is 0.667 bits per heavy atom. The Morgan fingerprint density at radius 2 is 1.00 bits per heavy atom. The molecule has 0 saturated carbocycles. The zero-order valence-electron chi connectivity index (χ0n) is 14.2. The maximum Gasteiger partial charge on any atom is 0.594 e. The monoisotopic (exact) mass is 341 g/mol. The first kappa shape index (κ1) is 21.2. The molecular formula is C12H31NO6Si2. The van der Waals surface area contributed by atoms with Gasteiger partial charge in [-0.2, -0.15) is 0 Å². The molecular weight excluding hydrogens is 310 g/mol. The standard InChI is InChI=1S/C12H31NO6Si2/c1-7-9-11-18-20(14-3,15-4)13-21(16-5,17-6)19-12-10-8-2/h13H,7-12H2,1-6H3. The van der Waals surface area contributed by atoms with Crippen LogP contribution in [0.3, 0.4) is 0 Å². The van der Waals surface area contributed by atoms with Crippen molar-refractivity contribution in [3.63, 3.8) is 0 Å². The molecule has 21 heavy (non-hydrogen) atoms. The highest BCUT2D eigenvalue weighted by atomic mass is 28.5. The number of rotatable bonds is 14. The van der Waals surface area contributed by atoms with Gasteiger partial charge in [0.05, 0.1) is 0 Å². The van der Waals surface area contributed by atoms with Gasteiger partial charge in [0.15, 0.2) is 0 Å². The minimum absolute atomic E-state index is 0.546. The van der Waals surface area contributed by atoms with Crippen molar-refractivity contribution in [2.75, 3.05) is 41.7 Å². The van der Waals surface area contributed by atoms with E-state index in [1.165, 1.54) is 0 Å². The SMILES string of the molecule is CCCCO[Si](N[Si](OC)(OC)OCCCC)(OC)OC. The topological polar surface area (TPSA) is 67.4 Å². The summed E-state index contributed by atoms with van der Waals surface area (Å²) in [6.07, 6.45) is 3.91. The molecule has 0 aliphatic carbocycles. The second-order valence-electron chi connectivity index (χ2n) is 4.46. The highest BCUT2D eigenvalue weighted by Gasteiger charge is 2.54. The largest absolute Gasteiger partial charge is 0.594 e. The van der Waals surface area contributed by atoms with E-state index in [0.717, 1.165) is 25.7 Å². The molecule has 0 aromatic heterocycles. The smallest absolute Gasteiger partial charge is 0.365 e. The first-order valence-electron chi connectivity index (χ1n) is 7.35. The van der Waals surface area contributed by atoms with Gasteiger partial charge in [-0.3, -0.25) is 0 Å². The van der Waals surface area contributed by atoms with Crippen molar-refractivity contribution in [1.82, 2.24) is 4.65 Å². The highest BCUT2D eigenvalue weighted by Crippen LogP contribution is 2.13. The average Bonchev–Trinajstić information content (AvgIpc) is 2.53. The third kappa shape index (κ3) is 7.30. The molecule has 0 radical (unpaired) electrons. The van der Waals surface area contributed by atoms with Gasteiger partial charge in [0.2, 0.25) is 0 Å². The van der Waals surface area contributed by atoms with Gasteiger partial charge in [-0.1, -0.05) is 26.7 Å². The Kier molecular flexibility index (Phi) is 11.8. The zero-order valence-corrected chi connectivity index (χ0v) is 16.2. The molecule has 7 nitrogen and oxygen atoms in total. The van der Waals surface area contributed by atoms with Gasteiger partial charge in [0.1, 0.15) is 0 Å². The second-order valence-corrected chi connectivity index (χ2v) is 9.89. The maximum absolute atomic E-state index is 5.81. The Labute approximate surface area is 131 Å². The van der Waals surface area contributed by atoms with Crippen LogP contribution in [0.5, 0.6) is 0 Å². The van der Waals surface area contributed by atoms with E-state index in [4.69, 9.17) is 26.6 Å². The third-order valence-corrected chi connectivity index (χ3v) is 8.73. The summed E-state index contributed by atoms with van der Waals surface area (Å²) in [7, 11) is 0.0243. The second kappa shape index (κ2) is 11.7. The molecule has 1 N–H and O–H groups in total. The quantitative estimate of drug-likeness (QED) is 0.381. The van der Waals surface area contributed by atoms with Crippen molar-refractivity contribution in [1.29, 1.82) is 0 Å². The van der Waals surface area contributed by atoms with Crippen LogP contribution in [-0.4, -0.2) is 59.6 Å². The molecule has 0 unspecified atom stereocenters. The summed E-state index contributed by atoms with van der Waals surface area (Å²) in [5.41, 5.74) is 0. The van der Waals surface area contributed by atoms with E-state index >= 15 is 0 Å². The van der Waals surface area contributed by atoms with E-state index in [1.54, 1.807) is 28.4 Å². The van der Waals surface area contributed by atoms with Crippen LogP contribution in [0.15, 0.2) is 0 Å². The molecule has 0 aromatic rings. The summed E-state index contributed by atoms with van der Waals surface area (Å²) in [5, 5.41) is 0. The van der Waals surface area contributed by atoms with E-state index in [0.29, 0.717) is 13.2 Å². The van der Waals surface area contributed by atoms with Crippen LogP contribution in [0.1, 0.15) is 39.5 Å². The van der Waals surface area contributed by atoms with Gasteiger partial charge >= 0.3 is 17.9 Å². The highest BCUT2D eigenvalue weighted by molar-refractivity contribution is 6.75. The minimum atomic E-state index is -3.08. The number of unbranched alkanes of at least 4 members (excludes halogenated alkanes) is 2. The van der Waals surface area contributed by atoms with Crippen molar-refractivity contribution in [2.45, 2.75) is 39.5 Å². The third-order valence-electron chi connectivity index (χ3n) is 2.96. The lowest BCUT2D eigenvalue weighted by Gasteiger charge is -2.34. The van der Waals surface area contributed by atoms with Crippen LogP contribution in [0.2, 0.25) is 0 Å². The summed E-state index contributed by atoms with van der Waals surface area (Å²) in [4.78, 5) is 0. The molecule has 0 bridgehead atoms. The van der Waals surface area contributed by atoms with E-state index in [9.17, 15) is 0 Å². The van der Waals surface area contributed by atoms with E-state index in [-0.39, 0.29) is 0 Å². The Balaban J connectivity index is 4.85. The summed E-state index contributed by atoms with van der Waals surface area (Å²) in [6, 6.07) is 0. The predicted molar refractivity (Wildman–Crippen MR) is 84.4 cm³/mol. The first-order valence-corrected chi connectivity index (χ1v) is 10.8. The fourth-order valence-corrected chi connectivity index (χ4v) is 6.91. The van der Waals surface area contributed by atoms with Crippen molar-refractivity contribution in [3.8, 4) is 0 Å². The molecule has 0 fully saturated rings. The average molecular weight is 342 g/mol. The first-order chi connectivity index (χ1) is 10.1. The van der Waals surface area contributed by atoms with Crippen molar-refractivity contribution in [3.05, 3.63) is 0 Å². The Bertz CT molecular complexity index is 228. The maximum atomic E-state index is 5.81. The van der Waals surface area contributed by atoms with Gasteiger partial charge in [0.25, 0.3) is 0 Å². The number of nitrogens with one attached hydrogen (secondary N) is 1. The molecule has 0 aliphatic heterocycles. The molecule has 0 spiro atoms. The summed E-state index contributed by atoms with van der Waals surface area (Å²) in [5.74, 6) is 0. The molecule has 0 atom stereocenters. The summed E-state index contributed by atoms with van der Waals surface area (Å²) < 4.78 is 36.7. The summed E-state index contributed by atoms with van der Waals surface area (Å²) in [6.45, 7) is 5.28. The van der Waals surface area contributed by atoms with Crippen LogP contribution in [0.25, 0.3) is 0 Å². The minimum Gasteiger partial charge on any atom is -0.365 e. The molecule has 128 valence electrons. The normalized spacial score (nSPS) is 12.9. The van der Waals surface area contributed by atoms with E-state index in [1.807, 2.05) is 0 Å². The summed E-state index contributed by atoms with van der Waals surface area (Å²) >= 11 is 0. The van der Waals surface area contributed by atoms with Crippen LogP contribution >= 0.6 is 0 Å². The van der Waals surface area contributed by atoms with Gasteiger partial charge in [-0.15, -0.1) is 0 Å². The van der Waals surface area contributed by atoms with Crippen molar-refractivity contribution < 1.29 is 26.6 Å². The lowest BCUT2D eigenvalue weighted by molar-refractivity contribution is 0.0547. The van der Waals surface area contributed by atoms with Crippen LogP contribution in [0, 0.1) is 0 Å². The Hall–Kier alpha value is 0.154. The zero-order chi connectivity index (χ0) is 16.2. The van der Waals surface area contributed by atoms with Gasteiger partial charge in [0, 0.05) is 41.7 Å². The van der Waals surface area contributed by atoms with Crippen LogP contribution in [-0.2, 0) is 26.6 Å². The van der Waals surface area contributed by atoms with E-state index < -0.39 is 17.9 Å². The van der Waals surface area contributed by atoms with Crippen LogP contribution < -0.4 is 4.65 Å². The van der Waals surface area contributed by atoms with Crippen molar-refractivity contribution in [2.24, 2.45) is 0 Å².